The van der Waals surface area contributed by atoms with Gasteiger partial charge in [0.05, 0.1) is 0 Å². The SMILES string of the molecule is CC(C)(C)[C]12[C]3(c4ccccc4)[C]4(c5ccccc5)[C]5(CP)[C]1(C(P)(C1CCCNC1)C1CCCNC1)[Fe]54321678[CH]2[CH]1[CH]6[CH]7[CH]28. The van der Waals surface area contributed by atoms with E-state index >= 15 is 0 Å². The van der Waals surface area contributed by atoms with Crippen LogP contribution >= 0.6 is 18.5 Å². The van der Waals surface area contributed by atoms with Crippen molar-refractivity contribution in [2.24, 2.45) is 17.3 Å². The molecule has 5 heteroatoms. The van der Waals surface area contributed by atoms with Crippen LogP contribution in [-0.4, -0.2) is 37.5 Å². The molecule has 2 aromatic rings. The molecule has 0 bridgehead atoms. The predicted octanol–water partition coefficient (Wildman–Crippen LogP) is 8.23. The number of fused-ring (bicyclic) bond motifs is 10. The Morgan fingerprint density at radius 2 is 1.19 bits per heavy atom. The molecule has 1 spiro atoms. The first-order valence-corrected chi connectivity index (χ1v) is 25.2. The van der Waals surface area contributed by atoms with Gasteiger partial charge in [0.25, 0.3) is 0 Å². The fourth-order valence-electron chi connectivity index (χ4n) is 28.7. The van der Waals surface area contributed by atoms with Crippen LogP contribution in [0, 0.1) is 17.3 Å². The van der Waals surface area contributed by atoms with Gasteiger partial charge < -0.3 is 0 Å². The molecule has 2 N–H and O–H groups in total. The molecule has 2 nitrogen and oxygen atoms in total. The molecule has 12 saturated heterocycles. The first-order valence-electron chi connectivity index (χ1n) is 17.8. The summed E-state index contributed by atoms with van der Waals surface area (Å²) in [5.74, 6) is 1.59. The van der Waals surface area contributed by atoms with Crippen LogP contribution in [0.4, 0.5) is 0 Å². The van der Waals surface area contributed by atoms with Gasteiger partial charge in [-0.25, -0.2) is 0 Å². The van der Waals surface area contributed by atoms with Crippen molar-refractivity contribution < 1.29 is 6.51 Å². The van der Waals surface area contributed by atoms with E-state index in [9.17, 15) is 0 Å². The van der Waals surface area contributed by atoms with Crippen molar-refractivity contribution in [2.45, 2.75) is 97.3 Å². The van der Waals surface area contributed by atoms with E-state index < -0.39 is 6.51 Å². The van der Waals surface area contributed by atoms with Crippen LogP contribution in [-0.2, 0) is 15.1 Å². The molecule has 230 valence electrons. The quantitative estimate of drug-likeness (QED) is 0.243. The van der Waals surface area contributed by atoms with E-state index in [4.69, 9.17) is 0 Å². The van der Waals surface area contributed by atoms with Crippen LogP contribution in [0.1, 0.15) is 57.6 Å². The van der Waals surface area contributed by atoms with Crippen molar-refractivity contribution in [1.82, 2.24) is 10.6 Å². The third kappa shape index (κ3) is 0.548. The molecular formula is C38H50FeN2P2. The molecule has 14 rings (SSSR count). The Labute approximate surface area is 253 Å². The summed E-state index contributed by atoms with van der Waals surface area (Å²) < 4.78 is 2.71. The molecule has 9 unspecified atom stereocenters. The summed E-state index contributed by atoms with van der Waals surface area (Å²) in [5.41, 5.74) is 4.03. The van der Waals surface area contributed by atoms with Crippen LogP contribution in [0.5, 0.6) is 0 Å². The summed E-state index contributed by atoms with van der Waals surface area (Å²) >= 11 is 0. The van der Waals surface area contributed by atoms with Crippen LogP contribution in [0.2, 0.25) is 37.0 Å². The topological polar surface area (TPSA) is 24.1 Å². The van der Waals surface area contributed by atoms with E-state index in [0.29, 0.717) is 32.1 Å². The summed E-state index contributed by atoms with van der Waals surface area (Å²) in [6.45, 7) is 8.63. The summed E-state index contributed by atoms with van der Waals surface area (Å²) in [5, 5.41) is 8.40. The minimum atomic E-state index is -4.75. The van der Waals surface area contributed by atoms with Crippen LogP contribution < -0.4 is 10.6 Å². The van der Waals surface area contributed by atoms with Gasteiger partial charge in [-0.2, -0.15) is 0 Å². The Hall–Kier alpha value is -0.261. The Balaban J connectivity index is 1.23. The number of benzene rings is 2. The molecule has 12 aliphatic heterocycles. The van der Waals surface area contributed by atoms with Gasteiger partial charge in [0.15, 0.2) is 0 Å². The van der Waals surface area contributed by atoms with E-state index in [0.717, 1.165) is 35.9 Å². The van der Waals surface area contributed by atoms with Gasteiger partial charge in [0, 0.05) is 0 Å². The van der Waals surface area contributed by atoms with Crippen molar-refractivity contribution in [2.75, 3.05) is 32.3 Å². The zero-order valence-electron chi connectivity index (χ0n) is 26.2. The number of piperidine rings is 2. The molecular weight excluding hydrogens is 602 g/mol. The van der Waals surface area contributed by atoms with E-state index in [1.54, 1.807) is 0 Å². The van der Waals surface area contributed by atoms with Crippen LogP contribution in [0.15, 0.2) is 60.7 Å². The summed E-state index contributed by atoms with van der Waals surface area (Å²) in [6.07, 6.45) is 7.03. The Morgan fingerprint density at radius 1 is 0.721 bits per heavy atom. The number of nitrogens with one attached hydrogen (secondary N) is 2. The maximum atomic E-state index is 4.03. The molecule has 0 amide bonds. The summed E-state index contributed by atoms with van der Waals surface area (Å²) in [7, 11) is 7.58. The zero-order chi connectivity index (χ0) is 28.9. The van der Waals surface area contributed by atoms with Crippen molar-refractivity contribution in [3.05, 3.63) is 71.8 Å². The Bertz CT molecular complexity index is 2080. The fourth-order valence-corrected chi connectivity index (χ4v) is 123. The second-order valence-corrected chi connectivity index (χ2v) is 44.0. The van der Waals surface area contributed by atoms with Gasteiger partial charge in [-0.05, 0) is 0 Å². The van der Waals surface area contributed by atoms with Crippen LogP contribution in [0.25, 0.3) is 0 Å². The van der Waals surface area contributed by atoms with Gasteiger partial charge >= 0.3 is 254 Å². The van der Waals surface area contributed by atoms with Crippen molar-refractivity contribution >= 4 is 18.5 Å². The third-order valence-corrected chi connectivity index (χ3v) is 71.9. The van der Waals surface area contributed by atoms with Crippen molar-refractivity contribution in [1.29, 1.82) is 0 Å². The molecule has 43 heavy (non-hydrogen) atoms. The molecule has 0 radical (unpaired) electrons. The van der Waals surface area contributed by atoms with Gasteiger partial charge in [-0.1, -0.05) is 0 Å². The second kappa shape index (κ2) is 3.82. The Kier molecular flexibility index (Phi) is 2.13. The van der Waals surface area contributed by atoms with Gasteiger partial charge in [-0.3, -0.25) is 0 Å². The maximum absolute atomic E-state index is 4.75. The van der Waals surface area contributed by atoms with Gasteiger partial charge in [0.2, 0.25) is 0 Å². The normalized spacial score (nSPS) is 70.8. The summed E-state index contributed by atoms with van der Waals surface area (Å²) in [6, 6.07) is 25.2. The first-order chi connectivity index (χ1) is 20.6. The van der Waals surface area contributed by atoms with E-state index in [1.165, 1.54) is 58.0 Å². The third-order valence-electron chi connectivity index (χ3n) is 23.9. The van der Waals surface area contributed by atoms with E-state index in [1.807, 2.05) is 11.1 Å². The molecule has 9 atom stereocenters. The predicted molar refractivity (Wildman–Crippen MR) is 181 cm³/mol. The number of hydrogen-bond donors (Lipinski definition) is 2. The van der Waals surface area contributed by atoms with Crippen molar-refractivity contribution in [3.8, 4) is 0 Å². The molecule has 0 saturated carbocycles. The molecule has 2 aromatic carbocycles. The number of hydrogen-bond acceptors (Lipinski definition) is 2. The van der Waals surface area contributed by atoms with Gasteiger partial charge in [0.1, 0.15) is 0 Å². The fraction of sp³-hybridized carbons (Fsp3) is 0.684. The van der Waals surface area contributed by atoms with Crippen molar-refractivity contribution in [3.63, 3.8) is 0 Å². The van der Waals surface area contributed by atoms with E-state index in [-0.39, 0.29) is 0 Å². The van der Waals surface area contributed by atoms with E-state index in [2.05, 4.69) is 111 Å². The molecule has 12 heterocycles. The average molecular weight is 653 g/mol. The number of rotatable bonds is 6. The first kappa shape index (κ1) is 24.0. The average Bonchev–Trinajstić information content (AvgIpc) is 4.00. The van der Waals surface area contributed by atoms with Crippen LogP contribution in [0.3, 0.4) is 0 Å². The zero-order valence-corrected chi connectivity index (χ0v) is 29.6. The molecule has 0 aliphatic carbocycles. The molecule has 12 aliphatic rings. The monoisotopic (exact) mass is 652 g/mol. The summed E-state index contributed by atoms with van der Waals surface area (Å²) in [4.78, 5) is 5.75. The molecule has 12 fully saturated rings. The van der Waals surface area contributed by atoms with Gasteiger partial charge in [-0.15, -0.1) is 0 Å². The Morgan fingerprint density at radius 3 is 1.56 bits per heavy atom. The minimum absolute atomic E-state index is 0.336. The molecule has 0 aromatic heterocycles. The second-order valence-electron chi connectivity index (χ2n) is 20.3. The standard InChI is InChI=1S/C33H45N2P2.C5H5.Fe/c1-32(2,3)31-29(24-14-8-5-9-15-24)28(23-12-6-4-7-13-23)27(22-36)30(31)33(37,25-16-10-18-34-20-25)26-17-11-19-35-21-26;1-2-4-5-3-1;/h4-9,12-15,25-26,34-35H,10-11,16-22,36-37H2,1-3H3;1-5H;.